The number of hydrogen-bond donors (Lipinski definition) is 0. The SMILES string of the molecule is C=CCOc1c(C)cccc1[Si](C)(C)C1=CC=CC1. The zero-order valence-electron chi connectivity index (χ0n) is 12.1. The highest BCUT2D eigenvalue weighted by Gasteiger charge is 2.31. The van der Waals surface area contributed by atoms with E-state index in [2.05, 4.69) is 63.0 Å². The van der Waals surface area contributed by atoms with E-state index in [1.54, 1.807) is 11.3 Å². The van der Waals surface area contributed by atoms with Crippen molar-refractivity contribution in [2.75, 3.05) is 6.61 Å². The monoisotopic (exact) mass is 270 g/mol. The fraction of sp³-hybridized carbons (Fsp3) is 0.294. The maximum Gasteiger partial charge on any atom is 0.122 e. The highest BCUT2D eigenvalue weighted by molar-refractivity contribution is 6.96. The first kappa shape index (κ1) is 13.9. The van der Waals surface area contributed by atoms with E-state index in [-0.39, 0.29) is 0 Å². The predicted octanol–water partition coefficient (Wildman–Crippen LogP) is 3.90. The summed E-state index contributed by atoms with van der Waals surface area (Å²) >= 11 is 0. The molecule has 0 saturated heterocycles. The maximum atomic E-state index is 5.93. The van der Waals surface area contributed by atoms with Gasteiger partial charge in [0.2, 0.25) is 0 Å². The van der Waals surface area contributed by atoms with E-state index in [1.807, 2.05) is 0 Å². The van der Waals surface area contributed by atoms with Crippen molar-refractivity contribution in [1.29, 1.82) is 0 Å². The summed E-state index contributed by atoms with van der Waals surface area (Å²) in [6, 6.07) is 6.49. The van der Waals surface area contributed by atoms with Crippen LogP contribution < -0.4 is 9.92 Å². The second kappa shape index (κ2) is 5.62. The summed E-state index contributed by atoms with van der Waals surface area (Å²) in [4.78, 5) is 0. The topological polar surface area (TPSA) is 9.23 Å². The summed E-state index contributed by atoms with van der Waals surface area (Å²) in [7, 11) is -1.63. The van der Waals surface area contributed by atoms with Gasteiger partial charge in [0.1, 0.15) is 20.4 Å². The number of rotatable bonds is 5. The minimum atomic E-state index is -1.63. The van der Waals surface area contributed by atoms with Gasteiger partial charge in [0.05, 0.1) is 0 Å². The van der Waals surface area contributed by atoms with E-state index in [1.165, 1.54) is 10.8 Å². The summed E-state index contributed by atoms with van der Waals surface area (Å²) in [6.07, 6.45) is 9.59. The third-order valence-corrected chi connectivity index (χ3v) is 7.52. The molecule has 0 aliphatic heterocycles. The zero-order chi connectivity index (χ0) is 13.9. The maximum absolute atomic E-state index is 5.93. The number of ether oxygens (including phenoxy) is 1. The summed E-state index contributed by atoms with van der Waals surface area (Å²) in [5.74, 6) is 1.06. The molecule has 0 heterocycles. The first-order valence-electron chi connectivity index (χ1n) is 6.77. The van der Waals surface area contributed by atoms with Gasteiger partial charge in [-0.2, -0.15) is 0 Å². The first-order chi connectivity index (χ1) is 9.07. The molecule has 1 nitrogen and oxygen atoms in total. The Bertz CT molecular complexity index is 538. The van der Waals surface area contributed by atoms with E-state index in [0.717, 1.165) is 12.2 Å². The van der Waals surface area contributed by atoms with Gasteiger partial charge in [-0.05, 0) is 24.1 Å². The third kappa shape index (κ3) is 2.74. The molecular weight excluding hydrogens is 248 g/mol. The molecule has 0 radical (unpaired) electrons. The van der Waals surface area contributed by atoms with Crippen LogP contribution in [0.5, 0.6) is 5.75 Å². The molecule has 0 fully saturated rings. The summed E-state index contributed by atoms with van der Waals surface area (Å²) in [5.41, 5.74) is 1.21. The zero-order valence-corrected chi connectivity index (χ0v) is 13.1. The van der Waals surface area contributed by atoms with E-state index in [4.69, 9.17) is 4.74 Å². The lowest BCUT2D eigenvalue weighted by molar-refractivity contribution is 0.363. The Kier molecular flexibility index (Phi) is 4.10. The van der Waals surface area contributed by atoms with Gasteiger partial charge in [-0.15, -0.1) is 0 Å². The van der Waals surface area contributed by atoms with E-state index in [9.17, 15) is 0 Å². The summed E-state index contributed by atoms with van der Waals surface area (Å²) in [5, 5.41) is 2.96. The van der Waals surface area contributed by atoms with Gasteiger partial charge in [0, 0.05) is 0 Å². The van der Waals surface area contributed by atoms with Crippen LogP contribution in [0.25, 0.3) is 0 Å². The van der Waals surface area contributed by atoms with Gasteiger partial charge in [-0.1, -0.05) is 67.4 Å². The van der Waals surface area contributed by atoms with Gasteiger partial charge in [-0.3, -0.25) is 0 Å². The Hall–Kier alpha value is -1.54. The van der Waals surface area contributed by atoms with Crippen molar-refractivity contribution in [2.24, 2.45) is 0 Å². The van der Waals surface area contributed by atoms with Crippen LogP contribution in [0, 0.1) is 6.92 Å². The normalized spacial score (nSPS) is 14.4. The molecule has 1 aliphatic carbocycles. The van der Waals surface area contributed by atoms with E-state index in [0.29, 0.717) is 6.61 Å². The molecule has 0 amide bonds. The van der Waals surface area contributed by atoms with Crippen molar-refractivity contribution in [3.63, 3.8) is 0 Å². The van der Waals surface area contributed by atoms with Crippen molar-refractivity contribution in [2.45, 2.75) is 26.4 Å². The molecule has 0 aromatic heterocycles. The van der Waals surface area contributed by atoms with Crippen LogP contribution in [0.4, 0.5) is 0 Å². The minimum Gasteiger partial charge on any atom is -0.489 e. The molecular formula is C17H22OSi. The number of para-hydroxylation sites is 1. The first-order valence-corrected chi connectivity index (χ1v) is 9.77. The number of hydrogen-bond acceptors (Lipinski definition) is 1. The van der Waals surface area contributed by atoms with Crippen molar-refractivity contribution in [3.05, 3.63) is 59.8 Å². The fourth-order valence-electron chi connectivity index (χ4n) is 2.56. The van der Waals surface area contributed by atoms with Gasteiger partial charge < -0.3 is 4.74 Å². The van der Waals surface area contributed by atoms with E-state index >= 15 is 0 Å². The molecule has 0 unspecified atom stereocenters. The molecule has 1 aromatic carbocycles. The molecule has 0 N–H and O–H groups in total. The Labute approximate surface area is 117 Å². The molecule has 0 spiro atoms. The Morgan fingerprint density at radius 1 is 1.37 bits per heavy atom. The molecule has 0 atom stereocenters. The van der Waals surface area contributed by atoms with Crippen molar-refractivity contribution in [1.82, 2.24) is 0 Å². The second-order valence-corrected chi connectivity index (χ2v) is 9.93. The van der Waals surface area contributed by atoms with Crippen LogP contribution >= 0.6 is 0 Å². The predicted molar refractivity (Wildman–Crippen MR) is 85.8 cm³/mol. The van der Waals surface area contributed by atoms with Crippen LogP contribution in [0.3, 0.4) is 0 Å². The molecule has 100 valence electrons. The van der Waals surface area contributed by atoms with Gasteiger partial charge in [-0.25, -0.2) is 0 Å². The largest absolute Gasteiger partial charge is 0.489 e. The van der Waals surface area contributed by atoms with Gasteiger partial charge in [0.15, 0.2) is 0 Å². The molecule has 1 aliphatic rings. The van der Waals surface area contributed by atoms with E-state index < -0.39 is 8.07 Å². The Balaban J connectivity index is 2.43. The lowest BCUT2D eigenvalue weighted by Gasteiger charge is -2.28. The second-order valence-electron chi connectivity index (χ2n) is 5.50. The van der Waals surface area contributed by atoms with Crippen LogP contribution in [-0.2, 0) is 0 Å². The summed E-state index contributed by atoms with van der Waals surface area (Å²) in [6.45, 7) is 11.2. The Morgan fingerprint density at radius 3 is 2.79 bits per heavy atom. The van der Waals surface area contributed by atoms with Gasteiger partial charge in [0.25, 0.3) is 0 Å². The number of benzene rings is 1. The van der Waals surface area contributed by atoms with Crippen molar-refractivity contribution < 1.29 is 4.74 Å². The molecule has 0 bridgehead atoms. The van der Waals surface area contributed by atoms with Crippen LogP contribution in [-0.4, -0.2) is 14.7 Å². The average molecular weight is 270 g/mol. The number of aryl methyl sites for hydroxylation is 1. The Morgan fingerprint density at radius 2 is 2.16 bits per heavy atom. The van der Waals surface area contributed by atoms with Crippen LogP contribution in [0.15, 0.2) is 54.3 Å². The molecule has 2 rings (SSSR count). The minimum absolute atomic E-state index is 0.569. The van der Waals surface area contributed by atoms with Gasteiger partial charge >= 0.3 is 0 Å². The lowest BCUT2D eigenvalue weighted by atomic mass is 10.2. The quantitative estimate of drug-likeness (QED) is 0.582. The van der Waals surface area contributed by atoms with Crippen molar-refractivity contribution in [3.8, 4) is 5.75 Å². The summed E-state index contributed by atoms with van der Waals surface area (Å²) < 4.78 is 5.93. The van der Waals surface area contributed by atoms with Crippen LogP contribution in [0.2, 0.25) is 13.1 Å². The molecule has 0 saturated carbocycles. The highest BCUT2D eigenvalue weighted by Crippen LogP contribution is 2.27. The van der Waals surface area contributed by atoms with Crippen LogP contribution in [0.1, 0.15) is 12.0 Å². The average Bonchev–Trinajstić information content (AvgIpc) is 2.91. The van der Waals surface area contributed by atoms with Crippen molar-refractivity contribution >= 4 is 13.3 Å². The lowest BCUT2D eigenvalue weighted by Crippen LogP contribution is -2.44. The molecule has 1 aromatic rings. The molecule has 2 heteroatoms. The smallest absolute Gasteiger partial charge is 0.122 e. The fourth-order valence-corrected chi connectivity index (χ4v) is 5.40. The third-order valence-electron chi connectivity index (χ3n) is 3.80. The standard InChI is InChI=1S/C17H22OSi/c1-5-13-18-17-14(2)9-8-12-16(17)19(3,4)15-10-6-7-11-15/h5-10,12H,1,11,13H2,2-4H3. The highest BCUT2D eigenvalue weighted by atomic mass is 28.3. The number of allylic oxidation sites excluding steroid dienone is 4. The molecule has 19 heavy (non-hydrogen) atoms.